The van der Waals surface area contributed by atoms with Crippen molar-refractivity contribution in [3.05, 3.63) is 53.1 Å². The van der Waals surface area contributed by atoms with E-state index in [0.717, 1.165) is 35.3 Å². The minimum atomic E-state index is 0.169. The summed E-state index contributed by atoms with van der Waals surface area (Å²) in [7, 11) is 0. The summed E-state index contributed by atoms with van der Waals surface area (Å²) in [5, 5.41) is 9.01. The Morgan fingerprint density at radius 3 is 2.54 bits per heavy atom. The maximum Gasteiger partial charge on any atom is 0.293 e. The number of ether oxygens (including phenoxy) is 2. The zero-order chi connectivity index (χ0) is 17.4. The molecule has 2 rings (SSSR count). The number of aliphatic hydroxyl groups excluding tert-OH is 1. The predicted molar refractivity (Wildman–Crippen MR) is 94.3 cm³/mol. The van der Waals surface area contributed by atoms with Gasteiger partial charge in [-0.3, -0.25) is 4.79 Å². The Labute approximate surface area is 143 Å². The number of hydrogen-bond acceptors (Lipinski definition) is 4. The van der Waals surface area contributed by atoms with Gasteiger partial charge in [-0.1, -0.05) is 35.9 Å². The highest BCUT2D eigenvalue weighted by Gasteiger charge is 2.10. The van der Waals surface area contributed by atoms with Crippen molar-refractivity contribution in [2.75, 3.05) is 19.8 Å². The Morgan fingerprint density at radius 1 is 1.04 bits per heavy atom. The van der Waals surface area contributed by atoms with Crippen LogP contribution in [0.3, 0.4) is 0 Å². The second kappa shape index (κ2) is 9.08. The Hall–Kier alpha value is -2.33. The molecule has 0 spiro atoms. The Balaban J connectivity index is 2.31. The van der Waals surface area contributed by atoms with E-state index in [1.54, 1.807) is 0 Å². The third-order valence-corrected chi connectivity index (χ3v) is 3.87. The zero-order valence-corrected chi connectivity index (χ0v) is 14.2. The lowest BCUT2D eigenvalue weighted by atomic mass is 9.96. The summed E-state index contributed by atoms with van der Waals surface area (Å²) in [4.78, 5) is 10.3. The average Bonchev–Trinajstić information content (AvgIpc) is 2.57. The van der Waals surface area contributed by atoms with Crippen LogP contribution in [0, 0.1) is 13.8 Å². The van der Waals surface area contributed by atoms with Crippen LogP contribution in [0.1, 0.15) is 23.1 Å². The van der Waals surface area contributed by atoms with Crippen molar-refractivity contribution in [2.45, 2.75) is 26.7 Å². The molecule has 4 heteroatoms. The van der Waals surface area contributed by atoms with Crippen molar-refractivity contribution < 1.29 is 19.4 Å². The smallest absolute Gasteiger partial charge is 0.293 e. The van der Waals surface area contributed by atoms with Crippen molar-refractivity contribution in [1.29, 1.82) is 0 Å². The highest BCUT2D eigenvalue weighted by atomic mass is 16.5. The van der Waals surface area contributed by atoms with E-state index in [4.69, 9.17) is 14.6 Å². The Morgan fingerprint density at radius 2 is 1.83 bits per heavy atom. The largest absolute Gasteiger partial charge is 0.489 e. The quantitative estimate of drug-likeness (QED) is 0.566. The predicted octanol–water partition coefficient (Wildman–Crippen LogP) is 3.45. The van der Waals surface area contributed by atoms with Crippen molar-refractivity contribution in [3.8, 4) is 16.9 Å². The fourth-order valence-corrected chi connectivity index (χ4v) is 2.71. The number of carbonyl (C=O) groups is 1. The molecule has 24 heavy (non-hydrogen) atoms. The minimum Gasteiger partial charge on any atom is -0.489 e. The molecule has 0 amide bonds. The van der Waals surface area contributed by atoms with Gasteiger partial charge in [0.15, 0.2) is 0 Å². The molecule has 0 radical (unpaired) electrons. The second-order valence-corrected chi connectivity index (χ2v) is 5.79. The SMILES string of the molecule is Cc1ccc(-c2ccc(CCCO)cc2OCCOC=O)c(C)c1. The molecule has 1 N–H and O–H groups in total. The molecule has 0 heterocycles. The van der Waals surface area contributed by atoms with E-state index in [1.807, 2.05) is 6.07 Å². The van der Waals surface area contributed by atoms with Crippen LogP contribution < -0.4 is 4.74 Å². The highest BCUT2D eigenvalue weighted by Crippen LogP contribution is 2.34. The van der Waals surface area contributed by atoms with Gasteiger partial charge in [-0.25, -0.2) is 0 Å². The van der Waals surface area contributed by atoms with Gasteiger partial charge in [-0.2, -0.15) is 0 Å². The standard InChI is InChI=1S/C20H24O4/c1-15-5-7-18(16(2)12-15)19-8-6-17(4-3-9-21)13-20(19)24-11-10-23-14-22/h5-8,12-14,21H,3-4,9-11H2,1-2H3. The van der Waals surface area contributed by atoms with Gasteiger partial charge in [-0.15, -0.1) is 0 Å². The number of benzene rings is 2. The number of carbonyl (C=O) groups excluding carboxylic acids is 1. The summed E-state index contributed by atoms with van der Waals surface area (Å²) in [5.41, 5.74) is 5.67. The van der Waals surface area contributed by atoms with E-state index in [-0.39, 0.29) is 13.2 Å². The van der Waals surface area contributed by atoms with Gasteiger partial charge in [-0.05, 0) is 49.4 Å². The van der Waals surface area contributed by atoms with Crippen molar-refractivity contribution in [3.63, 3.8) is 0 Å². The molecule has 0 aliphatic carbocycles. The highest BCUT2D eigenvalue weighted by molar-refractivity contribution is 5.74. The fourth-order valence-electron chi connectivity index (χ4n) is 2.71. The summed E-state index contributed by atoms with van der Waals surface area (Å²) < 4.78 is 10.5. The molecular formula is C20H24O4. The summed E-state index contributed by atoms with van der Waals surface area (Å²) in [6, 6.07) is 12.5. The van der Waals surface area contributed by atoms with Gasteiger partial charge in [0.05, 0.1) is 0 Å². The monoisotopic (exact) mass is 328 g/mol. The molecule has 0 atom stereocenters. The number of aryl methyl sites for hydroxylation is 3. The van der Waals surface area contributed by atoms with Crippen LogP contribution >= 0.6 is 0 Å². The number of rotatable bonds is 9. The van der Waals surface area contributed by atoms with E-state index in [1.165, 1.54) is 11.1 Å². The summed E-state index contributed by atoms with van der Waals surface area (Å²) >= 11 is 0. The molecule has 2 aromatic carbocycles. The van der Waals surface area contributed by atoms with Crippen LogP contribution in [0.2, 0.25) is 0 Å². The third kappa shape index (κ3) is 4.83. The molecule has 0 fully saturated rings. The van der Waals surface area contributed by atoms with Crippen molar-refractivity contribution in [1.82, 2.24) is 0 Å². The number of aliphatic hydroxyl groups is 1. The summed E-state index contributed by atoms with van der Waals surface area (Å²) in [6.45, 7) is 5.27. The molecule has 0 saturated carbocycles. The lowest BCUT2D eigenvalue weighted by Gasteiger charge is -2.15. The summed E-state index contributed by atoms with van der Waals surface area (Å²) in [6.07, 6.45) is 1.52. The number of hydrogen-bond donors (Lipinski definition) is 1. The van der Waals surface area contributed by atoms with Gasteiger partial charge in [0, 0.05) is 12.2 Å². The molecule has 0 bridgehead atoms. The zero-order valence-electron chi connectivity index (χ0n) is 14.2. The first-order valence-corrected chi connectivity index (χ1v) is 8.15. The van der Waals surface area contributed by atoms with E-state index in [0.29, 0.717) is 13.1 Å². The molecule has 0 saturated heterocycles. The van der Waals surface area contributed by atoms with Gasteiger partial charge in [0.1, 0.15) is 19.0 Å². The van der Waals surface area contributed by atoms with Crippen LogP contribution in [0.4, 0.5) is 0 Å². The average molecular weight is 328 g/mol. The van der Waals surface area contributed by atoms with Gasteiger partial charge < -0.3 is 14.6 Å². The van der Waals surface area contributed by atoms with E-state index < -0.39 is 0 Å². The van der Waals surface area contributed by atoms with Crippen LogP contribution in [0.25, 0.3) is 11.1 Å². The molecule has 0 aromatic heterocycles. The lowest BCUT2D eigenvalue weighted by Crippen LogP contribution is -2.07. The minimum absolute atomic E-state index is 0.169. The van der Waals surface area contributed by atoms with Gasteiger partial charge in [0.25, 0.3) is 6.47 Å². The van der Waals surface area contributed by atoms with Gasteiger partial charge >= 0.3 is 0 Å². The molecule has 0 aliphatic rings. The third-order valence-electron chi connectivity index (χ3n) is 3.87. The maximum atomic E-state index is 10.3. The molecule has 4 nitrogen and oxygen atoms in total. The van der Waals surface area contributed by atoms with Crippen LogP contribution in [-0.4, -0.2) is 31.4 Å². The second-order valence-electron chi connectivity index (χ2n) is 5.79. The van der Waals surface area contributed by atoms with Crippen molar-refractivity contribution >= 4 is 6.47 Å². The first kappa shape index (κ1) is 18.0. The van der Waals surface area contributed by atoms with Crippen LogP contribution in [0.15, 0.2) is 36.4 Å². The van der Waals surface area contributed by atoms with Crippen LogP contribution in [-0.2, 0) is 16.0 Å². The maximum absolute atomic E-state index is 10.3. The molecule has 0 aliphatic heterocycles. The van der Waals surface area contributed by atoms with Crippen molar-refractivity contribution in [2.24, 2.45) is 0 Å². The lowest BCUT2D eigenvalue weighted by molar-refractivity contribution is -0.129. The Bertz CT molecular complexity index is 679. The van der Waals surface area contributed by atoms with Gasteiger partial charge in [0.2, 0.25) is 0 Å². The molecule has 128 valence electrons. The van der Waals surface area contributed by atoms with E-state index >= 15 is 0 Å². The molecular weight excluding hydrogens is 304 g/mol. The first-order chi connectivity index (χ1) is 11.7. The summed E-state index contributed by atoms with van der Waals surface area (Å²) in [5.74, 6) is 0.770. The molecule has 2 aromatic rings. The normalized spacial score (nSPS) is 10.5. The fraction of sp³-hybridized carbons (Fsp3) is 0.350. The van der Waals surface area contributed by atoms with E-state index in [2.05, 4.69) is 44.2 Å². The first-order valence-electron chi connectivity index (χ1n) is 8.15. The van der Waals surface area contributed by atoms with Crippen LogP contribution in [0.5, 0.6) is 5.75 Å². The Kier molecular flexibility index (Phi) is 6.82. The topological polar surface area (TPSA) is 55.8 Å². The molecule has 0 unspecified atom stereocenters. The van der Waals surface area contributed by atoms with E-state index in [9.17, 15) is 4.79 Å².